The normalized spacial score (nSPS) is 13.5. The van der Waals surface area contributed by atoms with E-state index in [1.54, 1.807) is 7.11 Å². The van der Waals surface area contributed by atoms with E-state index in [0.717, 1.165) is 22.4 Å². The van der Waals surface area contributed by atoms with E-state index in [1.807, 2.05) is 112 Å². The molecule has 0 aliphatic rings. The van der Waals surface area contributed by atoms with Crippen molar-refractivity contribution in [3.8, 4) is 5.75 Å². The average molecular weight is 430 g/mol. The molecule has 0 N–H and O–H groups in total. The standard InChI is InChI=1S/C28H31NO3/c1-28(2,3)32-26(30)19-25(22-13-9-6-10-14-22)27(23-15-17-24(31-4)18-16-23)29-20-21-11-7-5-8-12-21/h5-18,20,25,27H,19H2,1-4H3/t25-,27-/m1/s1. The van der Waals surface area contributed by atoms with Crippen molar-refractivity contribution >= 4 is 12.2 Å². The van der Waals surface area contributed by atoms with E-state index >= 15 is 0 Å². The van der Waals surface area contributed by atoms with Crippen molar-refractivity contribution in [1.29, 1.82) is 0 Å². The molecule has 3 rings (SSSR count). The van der Waals surface area contributed by atoms with E-state index in [4.69, 9.17) is 14.5 Å². The van der Waals surface area contributed by atoms with Crippen LogP contribution >= 0.6 is 0 Å². The van der Waals surface area contributed by atoms with Crippen molar-refractivity contribution in [2.24, 2.45) is 4.99 Å². The van der Waals surface area contributed by atoms with Gasteiger partial charge in [-0.25, -0.2) is 0 Å². The summed E-state index contributed by atoms with van der Waals surface area (Å²) in [4.78, 5) is 17.8. The van der Waals surface area contributed by atoms with E-state index in [9.17, 15) is 4.79 Å². The first kappa shape index (κ1) is 23.3. The van der Waals surface area contributed by atoms with Crippen LogP contribution in [0, 0.1) is 0 Å². The van der Waals surface area contributed by atoms with Crippen molar-refractivity contribution in [1.82, 2.24) is 0 Å². The van der Waals surface area contributed by atoms with Crippen molar-refractivity contribution in [3.63, 3.8) is 0 Å². The molecule has 3 aromatic carbocycles. The number of hydrogen-bond acceptors (Lipinski definition) is 4. The fraction of sp³-hybridized carbons (Fsp3) is 0.286. The predicted molar refractivity (Wildman–Crippen MR) is 129 cm³/mol. The van der Waals surface area contributed by atoms with Crippen molar-refractivity contribution < 1.29 is 14.3 Å². The number of carbonyl (C=O) groups is 1. The summed E-state index contributed by atoms with van der Waals surface area (Å²) in [7, 11) is 1.65. The molecule has 0 spiro atoms. The van der Waals surface area contributed by atoms with Gasteiger partial charge in [-0.1, -0.05) is 72.8 Å². The van der Waals surface area contributed by atoms with E-state index in [0.29, 0.717) is 0 Å². The van der Waals surface area contributed by atoms with Gasteiger partial charge in [0.2, 0.25) is 0 Å². The first-order valence-electron chi connectivity index (χ1n) is 10.8. The number of benzene rings is 3. The molecule has 2 atom stereocenters. The number of aliphatic imine (C=N–C) groups is 1. The molecule has 0 fully saturated rings. The highest BCUT2D eigenvalue weighted by Gasteiger charge is 2.29. The summed E-state index contributed by atoms with van der Waals surface area (Å²) in [6, 6.07) is 27.6. The van der Waals surface area contributed by atoms with Crippen LogP contribution in [0.5, 0.6) is 5.75 Å². The molecular weight excluding hydrogens is 398 g/mol. The molecule has 0 bridgehead atoms. The largest absolute Gasteiger partial charge is 0.497 e. The fourth-order valence-corrected chi connectivity index (χ4v) is 3.60. The van der Waals surface area contributed by atoms with E-state index in [2.05, 4.69) is 0 Å². The van der Waals surface area contributed by atoms with Gasteiger partial charge in [0.25, 0.3) is 0 Å². The number of rotatable bonds is 8. The van der Waals surface area contributed by atoms with Crippen LogP contribution in [0.15, 0.2) is 89.9 Å². The summed E-state index contributed by atoms with van der Waals surface area (Å²) in [5, 5.41) is 0. The van der Waals surface area contributed by atoms with E-state index in [1.165, 1.54) is 0 Å². The maximum Gasteiger partial charge on any atom is 0.307 e. The Balaban J connectivity index is 2.02. The van der Waals surface area contributed by atoms with Gasteiger partial charge in [-0.3, -0.25) is 9.79 Å². The Morgan fingerprint density at radius 3 is 2.03 bits per heavy atom. The minimum Gasteiger partial charge on any atom is -0.497 e. The second kappa shape index (κ2) is 10.8. The number of esters is 1. The van der Waals surface area contributed by atoms with Crippen LogP contribution < -0.4 is 4.74 Å². The van der Waals surface area contributed by atoms with Crippen LogP contribution in [-0.2, 0) is 9.53 Å². The molecule has 0 saturated heterocycles. The zero-order valence-corrected chi connectivity index (χ0v) is 19.2. The van der Waals surface area contributed by atoms with Crippen LogP contribution in [0.3, 0.4) is 0 Å². The molecule has 0 aliphatic carbocycles. The fourth-order valence-electron chi connectivity index (χ4n) is 3.60. The lowest BCUT2D eigenvalue weighted by molar-refractivity contribution is -0.155. The smallest absolute Gasteiger partial charge is 0.307 e. The van der Waals surface area contributed by atoms with Gasteiger partial charge in [0, 0.05) is 12.1 Å². The Labute approximate surface area is 190 Å². The second-order valence-corrected chi connectivity index (χ2v) is 8.71. The highest BCUT2D eigenvalue weighted by molar-refractivity contribution is 5.80. The summed E-state index contributed by atoms with van der Waals surface area (Å²) < 4.78 is 11.0. The van der Waals surface area contributed by atoms with Crippen LogP contribution in [0.25, 0.3) is 0 Å². The Kier molecular flexibility index (Phi) is 7.82. The third-order valence-electron chi connectivity index (χ3n) is 5.06. The average Bonchev–Trinajstić information content (AvgIpc) is 2.79. The van der Waals surface area contributed by atoms with Crippen LogP contribution in [0.4, 0.5) is 0 Å². The topological polar surface area (TPSA) is 47.9 Å². The van der Waals surface area contributed by atoms with Crippen molar-refractivity contribution in [2.45, 2.75) is 44.8 Å². The quantitative estimate of drug-likeness (QED) is 0.309. The van der Waals surface area contributed by atoms with Crippen LogP contribution in [0.1, 0.15) is 55.8 Å². The molecule has 32 heavy (non-hydrogen) atoms. The lowest BCUT2D eigenvalue weighted by Crippen LogP contribution is -2.26. The van der Waals surface area contributed by atoms with Crippen molar-refractivity contribution in [3.05, 3.63) is 102 Å². The first-order chi connectivity index (χ1) is 15.4. The summed E-state index contributed by atoms with van der Waals surface area (Å²) >= 11 is 0. The highest BCUT2D eigenvalue weighted by atomic mass is 16.6. The molecular formula is C28H31NO3. The minimum absolute atomic E-state index is 0.181. The second-order valence-electron chi connectivity index (χ2n) is 8.71. The van der Waals surface area contributed by atoms with Gasteiger partial charge in [0.15, 0.2) is 0 Å². The Morgan fingerprint density at radius 1 is 0.875 bits per heavy atom. The maximum atomic E-state index is 12.9. The number of ether oxygens (including phenoxy) is 2. The zero-order valence-electron chi connectivity index (χ0n) is 19.2. The molecule has 0 radical (unpaired) electrons. The third-order valence-corrected chi connectivity index (χ3v) is 5.06. The van der Waals surface area contributed by atoms with Gasteiger partial charge in [0.1, 0.15) is 11.4 Å². The Hall–Kier alpha value is -3.40. The SMILES string of the molecule is COc1ccc([C@@H](N=Cc2ccccc2)[C@H](CC(=O)OC(C)(C)C)c2ccccc2)cc1. The van der Waals surface area contributed by atoms with Gasteiger partial charge in [-0.05, 0) is 49.6 Å². The van der Waals surface area contributed by atoms with Crippen LogP contribution in [0.2, 0.25) is 0 Å². The Bertz CT molecular complexity index is 1010. The maximum absolute atomic E-state index is 12.9. The molecule has 0 aromatic heterocycles. The number of carbonyl (C=O) groups excluding carboxylic acids is 1. The molecule has 166 valence electrons. The molecule has 0 unspecified atom stereocenters. The highest BCUT2D eigenvalue weighted by Crippen LogP contribution is 2.38. The number of nitrogens with zero attached hydrogens (tertiary/aromatic N) is 1. The number of hydrogen-bond donors (Lipinski definition) is 0. The van der Waals surface area contributed by atoms with Gasteiger partial charge in [-0.15, -0.1) is 0 Å². The van der Waals surface area contributed by atoms with E-state index < -0.39 is 5.60 Å². The monoisotopic (exact) mass is 429 g/mol. The summed E-state index contributed by atoms with van der Waals surface area (Å²) in [5.41, 5.74) is 2.52. The van der Waals surface area contributed by atoms with Gasteiger partial charge >= 0.3 is 5.97 Å². The van der Waals surface area contributed by atoms with Gasteiger partial charge < -0.3 is 9.47 Å². The molecule has 0 heterocycles. The molecule has 0 saturated carbocycles. The lowest BCUT2D eigenvalue weighted by atomic mass is 9.84. The third kappa shape index (κ3) is 6.81. The first-order valence-corrected chi connectivity index (χ1v) is 10.8. The van der Waals surface area contributed by atoms with Gasteiger partial charge in [0.05, 0.1) is 19.6 Å². The molecule has 4 heteroatoms. The minimum atomic E-state index is -0.540. The van der Waals surface area contributed by atoms with Crippen LogP contribution in [-0.4, -0.2) is 24.9 Å². The number of methoxy groups -OCH3 is 1. The zero-order chi connectivity index (χ0) is 23.0. The predicted octanol–water partition coefficient (Wildman–Crippen LogP) is 6.37. The molecule has 4 nitrogen and oxygen atoms in total. The Morgan fingerprint density at radius 2 is 1.47 bits per heavy atom. The van der Waals surface area contributed by atoms with Gasteiger partial charge in [-0.2, -0.15) is 0 Å². The molecule has 0 amide bonds. The van der Waals surface area contributed by atoms with Crippen molar-refractivity contribution in [2.75, 3.05) is 7.11 Å². The summed E-state index contributed by atoms with van der Waals surface area (Å²) in [5.74, 6) is 0.363. The van der Waals surface area contributed by atoms with E-state index in [-0.39, 0.29) is 24.3 Å². The summed E-state index contributed by atoms with van der Waals surface area (Å²) in [6.45, 7) is 5.66. The lowest BCUT2D eigenvalue weighted by Gasteiger charge is -2.27. The molecule has 0 aliphatic heterocycles. The summed E-state index contributed by atoms with van der Waals surface area (Å²) in [6.07, 6.45) is 2.10. The molecule has 3 aromatic rings.